The Morgan fingerprint density at radius 1 is 1.39 bits per heavy atom. The maximum absolute atomic E-state index is 12.7. The lowest BCUT2D eigenvalue weighted by molar-refractivity contribution is -0.142. The van der Waals surface area contributed by atoms with E-state index in [1.165, 1.54) is 18.4 Å². The summed E-state index contributed by atoms with van der Waals surface area (Å²) in [6, 6.07) is 5.70. The Morgan fingerprint density at radius 3 is 2.78 bits per heavy atom. The minimum atomic E-state index is -1.04. The summed E-state index contributed by atoms with van der Waals surface area (Å²) in [7, 11) is 0. The average molecular weight is 251 g/mol. The Hall–Kier alpha value is -2.21. The van der Waals surface area contributed by atoms with Crippen molar-refractivity contribution in [3.05, 3.63) is 42.0 Å². The van der Waals surface area contributed by atoms with Crippen LogP contribution in [0, 0.1) is 5.82 Å². The Bertz CT molecular complexity index is 535. The predicted octanol–water partition coefficient (Wildman–Crippen LogP) is 2.08. The van der Waals surface area contributed by atoms with Gasteiger partial charge in [-0.1, -0.05) is 0 Å². The molecule has 0 radical (unpaired) electrons. The normalized spacial score (nSPS) is 10.5. The fourth-order valence-electron chi connectivity index (χ4n) is 1.34. The van der Waals surface area contributed by atoms with Crippen LogP contribution in [0.25, 0.3) is 11.5 Å². The summed E-state index contributed by atoms with van der Waals surface area (Å²) >= 11 is 0. The van der Waals surface area contributed by atoms with Crippen molar-refractivity contribution >= 4 is 5.97 Å². The van der Waals surface area contributed by atoms with Crippen molar-refractivity contribution < 1.29 is 23.4 Å². The maximum atomic E-state index is 12.7. The number of carboxylic acids is 1. The maximum Gasteiger partial charge on any atom is 0.329 e. The van der Waals surface area contributed by atoms with Gasteiger partial charge >= 0.3 is 5.97 Å². The molecule has 0 fully saturated rings. The van der Waals surface area contributed by atoms with Crippen molar-refractivity contribution in [1.82, 2.24) is 4.98 Å². The van der Waals surface area contributed by atoms with Crippen LogP contribution < -0.4 is 0 Å². The van der Waals surface area contributed by atoms with Gasteiger partial charge in [-0.15, -0.1) is 0 Å². The van der Waals surface area contributed by atoms with Gasteiger partial charge in [0.1, 0.15) is 24.4 Å². The first kappa shape index (κ1) is 12.3. The van der Waals surface area contributed by atoms with Crippen molar-refractivity contribution in [3.63, 3.8) is 0 Å². The van der Waals surface area contributed by atoms with Crippen molar-refractivity contribution in [3.8, 4) is 11.5 Å². The first-order valence-corrected chi connectivity index (χ1v) is 5.15. The van der Waals surface area contributed by atoms with Gasteiger partial charge in [-0.2, -0.15) is 0 Å². The second kappa shape index (κ2) is 5.42. The first-order valence-electron chi connectivity index (χ1n) is 5.15. The van der Waals surface area contributed by atoms with Crippen LogP contribution in [0.4, 0.5) is 4.39 Å². The highest BCUT2D eigenvalue weighted by Crippen LogP contribution is 2.19. The molecule has 6 heteroatoms. The highest BCUT2D eigenvalue weighted by atomic mass is 19.1. The van der Waals surface area contributed by atoms with E-state index in [2.05, 4.69) is 4.98 Å². The fourth-order valence-corrected chi connectivity index (χ4v) is 1.34. The van der Waals surface area contributed by atoms with Gasteiger partial charge in [-0.3, -0.25) is 0 Å². The number of oxazole rings is 1. The molecule has 0 saturated heterocycles. The van der Waals surface area contributed by atoms with E-state index < -0.39 is 12.6 Å². The van der Waals surface area contributed by atoms with Gasteiger partial charge in [-0.25, -0.2) is 14.2 Å². The summed E-state index contributed by atoms with van der Waals surface area (Å²) in [6.45, 7) is -0.338. The van der Waals surface area contributed by atoms with Crippen molar-refractivity contribution in [1.29, 1.82) is 0 Å². The molecular formula is C12H10FNO4. The fraction of sp³-hybridized carbons (Fsp3) is 0.167. The molecule has 0 atom stereocenters. The number of aliphatic carboxylic acids is 1. The van der Waals surface area contributed by atoms with E-state index in [0.717, 1.165) is 0 Å². The van der Waals surface area contributed by atoms with Crippen LogP contribution in [0.1, 0.15) is 5.69 Å². The monoisotopic (exact) mass is 251 g/mol. The first-order chi connectivity index (χ1) is 8.65. The van der Waals surface area contributed by atoms with Crippen LogP contribution in [0.15, 0.2) is 34.9 Å². The summed E-state index contributed by atoms with van der Waals surface area (Å²) in [4.78, 5) is 14.3. The third kappa shape index (κ3) is 3.14. The van der Waals surface area contributed by atoms with E-state index in [4.69, 9.17) is 14.3 Å². The number of carbonyl (C=O) groups is 1. The highest BCUT2D eigenvalue weighted by Gasteiger charge is 2.07. The third-order valence-corrected chi connectivity index (χ3v) is 2.12. The van der Waals surface area contributed by atoms with Crippen molar-refractivity contribution in [2.45, 2.75) is 6.61 Å². The Balaban J connectivity index is 2.01. The van der Waals surface area contributed by atoms with Crippen molar-refractivity contribution in [2.75, 3.05) is 6.61 Å². The van der Waals surface area contributed by atoms with Crippen LogP contribution in [0.3, 0.4) is 0 Å². The van der Waals surface area contributed by atoms with E-state index in [1.54, 1.807) is 12.1 Å². The van der Waals surface area contributed by atoms with E-state index in [0.29, 0.717) is 17.1 Å². The number of hydrogen-bond donors (Lipinski definition) is 1. The largest absolute Gasteiger partial charge is 0.480 e. The molecule has 1 N–H and O–H groups in total. The molecule has 0 saturated carbocycles. The quantitative estimate of drug-likeness (QED) is 0.880. The standard InChI is InChI=1S/C12H10FNO4/c13-9-3-1-8(2-4-9)12-14-10(6-18-12)5-17-7-11(15)16/h1-4,6H,5,7H2,(H,15,16). The van der Waals surface area contributed by atoms with Gasteiger partial charge < -0.3 is 14.3 Å². The van der Waals surface area contributed by atoms with Crippen LogP contribution in [-0.4, -0.2) is 22.7 Å². The molecule has 2 rings (SSSR count). The summed E-state index contributed by atoms with van der Waals surface area (Å²) in [6.07, 6.45) is 1.38. The molecule has 94 valence electrons. The van der Waals surface area contributed by atoms with Crippen LogP contribution >= 0.6 is 0 Å². The zero-order chi connectivity index (χ0) is 13.0. The van der Waals surface area contributed by atoms with E-state index in [9.17, 15) is 9.18 Å². The third-order valence-electron chi connectivity index (χ3n) is 2.12. The van der Waals surface area contributed by atoms with Gasteiger partial charge in [0.2, 0.25) is 5.89 Å². The summed E-state index contributed by atoms with van der Waals surface area (Å²) in [5, 5.41) is 8.40. The zero-order valence-corrected chi connectivity index (χ0v) is 9.30. The van der Waals surface area contributed by atoms with Gasteiger partial charge in [0.15, 0.2) is 0 Å². The molecule has 0 aliphatic heterocycles. The van der Waals surface area contributed by atoms with E-state index in [-0.39, 0.29) is 12.4 Å². The Morgan fingerprint density at radius 2 is 2.11 bits per heavy atom. The molecule has 2 aromatic rings. The van der Waals surface area contributed by atoms with Gasteiger partial charge in [0, 0.05) is 5.56 Å². The van der Waals surface area contributed by atoms with Gasteiger partial charge in [0.25, 0.3) is 0 Å². The lowest BCUT2D eigenvalue weighted by Gasteiger charge is -1.96. The second-order valence-corrected chi connectivity index (χ2v) is 3.54. The minimum absolute atomic E-state index is 0.0526. The molecular weight excluding hydrogens is 241 g/mol. The SMILES string of the molecule is O=C(O)COCc1coc(-c2ccc(F)cc2)n1. The van der Waals surface area contributed by atoms with E-state index >= 15 is 0 Å². The molecule has 0 unspecified atom stereocenters. The molecule has 1 heterocycles. The number of benzene rings is 1. The number of hydrogen-bond acceptors (Lipinski definition) is 4. The van der Waals surface area contributed by atoms with E-state index in [1.807, 2.05) is 0 Å². The van der Waals surface area contributed by atoms with Crippen LogP contribution in [0.5, 0.6) is 0 Å². The predicted molar refractivity (Wildman–Crippen MR) is 59.2 cm³/mol. The zero-order valence-electron chi connectivity index (χ0n) is 9.30. The Labute approximate surface area is 102 Å². The minimum Gasteiger partial charge on any atom is -0.480 e. The number of halogens is 1. The van der Waals surface area contributed by atoms with Gasteiger partial charge in [-0.05, 0) is 24.3 Å². The average Bonchev–Trinajstić information content (AvgIpc) is 2.78. The highest BCUT2D eigenvalue weighted by molar-refractivity contribution is 5.68. The second-order valence-electron chi connectivity index (χ2n) is 3.54. The van der Waals surface area contributed by atoms with Gasteiger partial charge in [0.05, 0.1) is 6.61 Å². The molecule has 0 bridgehead atoms. The number of carboxylic acid groups (broad SMARTS) is 1. The lowest BCUT2D eigenvalue weighted by atomic mass is 10.2. The molecule has 0 aliphatic carbocycles. The molecule has 1 aromatic heterocycles. The number of aromatic nitrogens is 1. The lowest BCUT2D eigenvalue weighted by Crippen LogP contribution is -2.06. The molecule has 0 amide bonds. The summed E-state index contributed by atoms with van der Waals surface area (Å²) in [5.41, 5.74) is 1.12. The van der Waals surface area contributed by atoms with Crippen LogP contribution in [0.2, 0.25) is 0 Å². The summed E-state index contributed by atoms with van der Waals surface area (Å²) < 4.78 is 22.8. The molecule has 1 aromatic carbocycles. The summed E-state index contributed by atoms with van der Waals surface area (Å²) in [5.74, 6) is -1.04. The Kier molecular flexibility index (Phi) is 3.69. The van der Waals surface area contributed by atoms with Crippen molar-refractivity contribution in [2.24, 2.45) is 0 Å². The smallest absolute Gasteiger partial charge is 0.329 e. The topological polar surface area (TPSA) is 72.6 Å². The molecule has 0 spiro atoms. The number of ether oxygens (including phenoxy) is 1. The number of nitrogens with zero attached hydrogens (tertiary/aromatic N) is 1. The molecule has 18 heavy (non-hydrogen) atoms. The molecule has 0 aliphatic rings. The number of rotatable bonds is 5. The van der Waals surface area contributed by atoms with Crippen LogP contribution in [-0.2, 0) is 16.1 Å². The molecule has 5 nitrogen and oxygen atoms in total.